The van der Waals surface area contributed by atoms with Gasteiger partial charge in [0.05, 0.1) is 7.11 Å². The van der Waals surface area contributed by atoms with E-state index in [2.05, 4.69) is 5.32 Å². The molecule has 0 bridgehead atoms. The second kappa shape index (κ2) is 10.2. The Morgan fingerprint density at radius 3 is 2.71 bits per heavy atom. The summed E-state index contributed by atoms with van der Waals surface area (Å²) in [6, 6.07) is 10.0. The average Bonchev–Trinajstić information content (AvgIpc) is 3.16. The Morgan fingerprint density at radius 1 is 1.26 bits per heavy atom. The monoisotopic (exact) mass is 423 g/mol. The Hall–Kier alpha value is -3.28. The number of amides is 1. The van der Waals surface area contributed by atoms with Crippen LogP contribution in [0.2, 0.25) is 0 Å². The van der Waals surface area contributed by atoms with E-state index in [1.54, 1.807) is 7.11 Å². The van der Waals surface area contributed by atoms with Crippen LogP contribution >= 0.6 is 0 Å². The van der Waals surface area contributed by atoms with E-state index in [1.807, 2.05) is 50.3 Å². The summed E-state index contributed by atoms with van der Waals surface area (Å²) in [5.74, 6) is -0.00693. The van der Waals surface area contributed by atoms with Crippen LogP contribution in [0.25, 0.3) is 0 Å². The molecule has 2 aromatic carbocycles. The summed E-state index contributed by atoms with van der Waals surface area (Å²) in [5, 5.41) is 13.6. The van der Waals surface area contributed by atoms with Gasteiger partial charge in [-0.2, -0.15) is 0 Å². The minimum absolute atomic E-state index is 0.0141. The number of allylic oxidation sites excluding steroid dienone is 2. The predicted molar refractivity (Wildman–Crippen MR) is 118 cm³/mol. The third-order valence-corrected chi connectivity index (χ3v) is 5.63. The molecule has 0 saturated heterocycles. The fourth-order valence-electron chi connectivity index (χ4n) is 3.80. The molecule has 3 rings (SSSR count). The zero-order chi connectivity index (χ0) is 22.4. The molecule has 2 N–H and O–H groups in total. The maximum Gasteiger partial charge on any atom is 0.342 e. The van der Waals surface area contributed by atoms with Gasteiger partial charge in [0.1, 0.15) is 23.7 Å². The van der Waals surface area contributed by atoms with E-state index in [4.69, 9.17) is 9.47 Å². The molecule has 0 saturated carbocycles. The van der Waals surface area contributed by atoms with Gasteiger partial charge in [0, 0.05) is 24.1 Å². The normalized spacial score (nSPS) is 13.0. The van der Waals surface area contributed by atoms with Crippen LogP contribution in [0.15, 0.2) is 42.0 Å². The lowest BCUT2D eigenvalue weighted by atomic mass is 9.94. The van der Waals surface area contributed by atoms with Crippen LogP contribution in [0.4, 0.5) is 0 Å². The van der Waals surface area contributed by atoms with E-state index < -0.39 is 5.97 Å². The first-order chi connectivity index (χ1) is 14.9. The second-order valence-electron chi connectivity index (χ2n) is 7.76. The van der Waals surface area contributed by atoms with Gasteiger partial charge in [-0.05, 0) is 44.2 Å². The van der Waals surface area contributed by atoms with Crippen molar-refractivity contribution in [1.82, 2.24) is 5.32 Å². The number of cyclic esters (lactones) is 1. The third kappa shape index (κ3) is 5.26. The highest BCUT2D eigenvalue weighted by atomic mass is 16.5. The van der Waals surface area contributed by atoms with Gasteiger partial charge in [-0.25, -0.2) is 4.79 Å². The van der Waals surface area contributed by atoms with Gasteiger partial charge in [0.25, 0.3) is 0 Å². The lowest BCUT2D eigenvalue weighted by Crippen LogP contribution is -2.25. The zero-order valence-electron chi connectivity index (χ0n) is 18.3. The molecule has 1 aliphatic heterocycles. The van der Waals surface area contributed by atoms with Crippen molar-refractivity contribution in [2.24, 2.45) is 0 Å². The third-order valence-electron chi connectivity index (χ3n) is 5.63. The molecule has 1 aliphatic rings. The minimum atomic E-state index is -0.507. The summed E-state index contributed by atoms with van der Waals surface area (Å²) in [7, 11) is 1.55. The van der Waals surface area contributed by atoms with Crippen LogP contribution in [0.3, 0.4) is 0 Å². The van der Waals surface area contributed by atoms with Crippen molar-refractivity contribution in [2.75, 3.05) is 13.7 Å². The fourth-order valence-corrected chi connectivity index (χ4v) is 3.80. The molecule has 0 aromatic heterocycles. The standard InChI is InChI=1S/C25H29NO5/c1-16(10-12-21(27)26-14-13-18-7-5-4-6-8-18)9-11-19-23(28)22-20(15-31-25(22)29)17(2)24(19)30-3/h4-9,28H,10-15H2,1-3H3,(H,26,27)/b16-9+. The van der Waals surface area contributed by atoms with Crippen molar-refractivity contribution in [3.8, 4) is 11.5 Å². The zero-order valence-corrected chi connectivity index (χ0v) is 18.3. The van der Waals surface area contributed by atoms with Crippen LogP contribution < -0.4 is 10.1 Å². The summed E-state index contributed by atoms with van der Waals surface area (Å²) < 4.78 is 10.6. The van der Waals surface area contributed by atoms with Gasteiger partial charge in [-0.1, -0.05) is 42.0 Å². The number of hydrogen-bond acceptors (Lipinski definition) is 5. The second-order valence-corrected chi connectivity index (χ2v) is 7.76. The van der Waals surface area contributed by atoms with E-state index >= 15 is 0 Å². The van der Waals surface area contributed by atoms with Gasteiger partial charge in [0.2, 0.25) is 5.91 Å². The maximum atomic E-state index is 12.1. The molecule has 6 nitrogen and oxygen atoms in total. The molecule has 1 heterocycles. The summed E-state index contributed by atoms with van der Waals surface area (Å²) in [5.41, 5.74) is 4.50. The Morgan fingerprint density at radius 2 is 2.00 bits per heavy atom. The van der Waals surface area contributed by atoms with Gasteiger partial charge < -0.3 is 19.9 Å². The van der Waals surface area contributed by atoms with Gasteiger partial charge in [-0.15, -0.1) is 0 Å². The molecule has 0 atom stereocenters. The molecule has 31 heavy (non-hydrogen) atoms. The first-order valence-electron chi connectivity index (χ1n) is 10.5. The number of methoxy groups -OCH3 is 1. The van der Waals surface area contributed by atoms with E-state index in [1.165, 1.54) is 5.56 Å². The van der Waals surface area contributed by atoms with E-state index in [0.717, 1.165) is 17.6 Å². The molecular weight excluding hydrogens is 394 g/mol. The Kier molecular flexibility index (Phi) is 7.34. The van der Waals surface area contributed by atoms with Crippen molar-refractivity contribution in [1.29, 1.82) is 0 Å². The van der Waals surface area contributed by atoms with Crippen LogP contribution in [0.5, 0.6) is 11.5 Å². The van der Waals surface area contributed by atoms with Crippen molar-refractivity contribution in [2.45, 2.75) is 46.1 Å². The van der Waals surface area contributed by atoms with Gasteiger partial charge in [0.15, 0.2) is 0 Å². The number of rotatable bonds is 9. The van der Waals surface area contributed by atoms with Crippen LogP contribution in [0.1, 0.15) is 52.4 Å². The number of benzene rings is 2. The summed E-state index contributed by atoms with van der Waals surface area (Å²) in [6.45, 7) is 4.58. The lowest BCUT2D eigenvalue weighted by molar-refractivity contribution is -0.121. The van der Waals surface area contributed by atoms with Crippen molar-refractivity contribution in [3.63, 3.8) is 0 Å². The quantitative estimate of drug-likeness (QED) is 0.470. The number of hydrogen-bond donors (Lipinski definition) is 2. The van der Waals surface area contributed by atoms with Gasteiger partial charge >= 0.3 is 5.97 Å². The number of ether oxygens (including phenoxy) is 2. The largest absolute Gasteiger partial charge is 0.507 e. The summed E-state index contributed by atoms with van der Waals surface area (Å²) >= 11 is 0. The number of aromatic hydroxyl groups is 1. The number of phenols is 1. The number of phenolic OH excluding ortho intramolecular Hbond substituents is 1. The topological polar surface area (TPSA) is 84.9 Å². The maximum absolute atomic E-state index is 12.1. The molecule has 0 unspecified atom stereocenters. The minimum Gasteiger partial charge on any atom is -0.507 e. The summed E-state index contributed by atoms with van der Waals surface area (Å²) in [4.78, 5) is 24.1. The molecule has 6 heteroatoms. The predicted octanol–water partition coefficient (Wildman–Crippen LogP) is 4.01. The Balaban J connectivity index is 1.57. The molecule has 0 radical (unpaired) electrons. The molecular formula is C25H29NO5. The smallest absolute Gasteiger partial charge is 0.342 e. The Labute approximate surface area is 182 Å². The summed E-state index contributed by atoms with van der Waals surface area (Å²) in [6.07, 6.45) is 4.18. The lowest BCUT2D eigenvalue weighted by Gasteiger charge is -2.15. The number of nitrogens with one attached hydrogen (secondary N) is 1. The van der Waals surface area contributed by atoms with Crippen molar-refractivity contribution < 1.29 is 24.2 Å². The first-order valence-corrected chi connectivity index (χ1v) is 10.5. The molecule has 0 aliphatic carbocycles. The molecule has 1 amide bonds. The number of esters is 1. The van der Waals surface area contributed by atoms with E-state index in [-0.39, 0.29) is 23.8 Å². The van der Waals surface area contributed by atoms with Gasteiger partial charge in [-0.3, -0.25) is 4.79 Å². The van der Waals surface area contributed by atoms with Crippen molar-refractivity contribution >= 4 is 11.9 Å². The van der Waals surface area contributed by atoms with E-state index in [0.29, 0.717) is 42.7 Å². The fraction of sp³-hybridized carbons (Fsp3) is 0.360. The number of carbonyl (C=O) groups excluding carboxylic acids is 2. The van der Waals surface area contributed by atoms with Crippen LogP contribution in [-0.2, 0) is 29.0 Å². The highest BCUT2D eigenvalue weighted by molar-refractivity contribution is 5.98. The van der Waals surface area contributed by atoms with Crippen LogP contribution in [0, 0.1) is 6.92 Å². The average molecular weight is 424 g/mol. The number of fused-ring (bicyclic) bond motifs is 1. The molecule has 0 fully saturated rings. The molecule has 0 spiro atoms. The Bertz CT molecular complexity index is 995. The van der Waals surface area contributed by atoms with Crippen LogP contribution in [-0.4, -0.2) is 30.6 Å². The van der Waals surface area contributed by atoms with Crippen molar-refractivity contribution in [3.05, 3.63) is 69.8 Å². The molecule has 2 aromatic rings. The number of carbonyl (C=O) groups is 2. The van der Waals surface area contributed by atoms with E-state index in [9.17, 15) is 14.7 Å². The molecule has 164 valence electrons. The SMILES string of the molecule is COc1c(C)c2c(c(O)c1C/C=C(\C)CCC(=O)NCCc1ccccc1)C(=O)OC2. The highest BCUT2D eigenvalue weighted by Crippen LogP contribution is 2.42. The highest BCUT2D eigenvalue weighted by Gasteiger charge is 2.31. The first kappa shape index (κ1) is 22.4.